The molecular formula is C8H11ClO. The molecule has 0 atom stereocenters. The van der Waals surface area contributed by atoms with E-state index in [-0.39, 0.29) is 0 Å². The molecule has 0 heterocycles. The van der Waals surface area contributed by atoms with Crippen LogP contribution in [-0.4, -0.2) is 7.11 Å². The first-order valence-corrected chi connectivity index (χ1v) is 3.73. The Morgan fingerprint density at radius 2 is 2.30 bits per heavy atom. The zero-order chi connectivity index (χ0) is 7.56. The van der Waals surface area contributed by atoms with Crippen LogP contribution in [0, 0.1) is 0 Å². The van der Waals surface area contributed by atoms with Gasteiger partial charge in [0.1, 0.15) is 5.76 Å². The first-order chi connectivity index (χ1) is 4.75. The third kappa shape index (κ3) is 1.35. The van der Waals surface area contributed by atoms with Gasteiger partial charge in [-0.25, -0.2) is 0 Å². The van der Waals surface area contributed by atoms with E-state index >= 15 is 0 Å². The van der Waals surface area contributed by atoms with Crippen molar-refractivity contribution in [1.29, 1.82) is 0 Å². The molecule has 0 saturated heterocycles. The highest BCUT2D eigenvalue weighted by Crippen LogP contribution is 2.27. The lowest BCUT2D eigenvalue weighted by molar-refractivity contribution is 0.300. The molecule has 10 heavy (non-hydrogen) atoms. The smallest absolute Gasteiger partial charge is 0.133 e. The molecule has 2 heteroatoms. The lowest BCUT2D eigenvalue weighted by Crippen LogP contribution is -1.96. The van der Waals surface area contributed by atoms with Crippen molar-refractivity contribution in [2.75, 3.05) is 7.11 Å². The molecule has 0 fully saturated rings. The predicted octanol–water partition coefficient (Wildman–Crippen LogP) is 2.82. The van der Waals surface area contributed by atoms with Crippen LogP contribution >= 0.6 is 11.6 Å². The van der Waals surface area contributed by atoms with Crippen LogP contribution in [0.2, 0.25) is 0 Å². The maximum absolute atomic E-state index is 5.92. The molecule has 1 rings (SSSR count). The Morgan fingerprint density at radius 1 is 1.60 bits per heavy atom. The lowest BCUT2D eigenvalue weighted by Gasteiger charge is -2.12. The molecule has 0 saturated carbocycles. The van der Waals surface area contributed by atoms with Crippen molar-refractivity contribution in [1.82, 2.24) is 0 Å². The Morgan fingerprint density at radius 3 is 2.80 bits per heavy atom. The predicted molar refractivity (Wildman–Crippen MR) is 42.9 cm³/mol. The van der Waals surface area contributed by atoms with Gasteiger partial charge in [0, 0.05) is 0 Å². The van der Waals surface area contributed by atoms with Crippen LogP contribution in [-0.2, 0) is 4.74 Å². The van der Waals surface area contributed by atoms with Crippen LogP contribution in [0.5, 0.6) is 0 Å². The van der Waals surface area contributed by atoms with E-state index in [1.165, 1.54) is 5.57 Å². The first-order valence-electron chi connectivity index (χ1n) is 3.35. The van der Waals surface area contributed by atoms with Crippen molar-refractivity contribution < 1.29 is 4.74 Å². The molecule has 0 amide bonds. The quantitative estimate of drug-likeness (QED) is 0.570. The van der Waals surface area contributed by atoms with Gasteiger partial charge in [0.15, 0.2) is 0 Å². The summed E-state index contributed by atoms with van der Waals surface area (Å²) < 4.78 is 5.05. The fourth-order valence-electron chi connectivity index (χ4n) is 1.00. The molecule has 0 radical (unpaired) electrons. The van der Waals surface area contributed by atoms with Gasteiger partial charge in [0.05, 0.1) is 12.1 Å². The number of ether oxygens (including phenoxy) is 1. The maximum Gasteiger partial charge on any atom is 0.133 e. The SMILES string of the molecule is COC1=CCCC(C)=C1Cl. The van der Waals surface area contributed by atoms with E-state index in [1.54, 1.807) is 7.11 Å². The van der Waals surface area contributed by atoms with Crippen LogP contribution < -0.4 is 0 Å². The van der Waals surface area contributed by atoms with Crippen LogP contribution in [0.1, 0.15) is 19.8 Å². The van der Waals surface area contributed by atoms with Crippen molar-refractivity contribution in [3.05, 3.63) is 22.4 Å². The average molecular weight is 159 g/mol. The number of methoxy groups -OCH3 is 1. The standard InChI is InChI=1S/C8H11ClO/c1-6-4-3-5-7(10-2)8(6)9/h5H,3-4H2,1-2H3. The molecular weight excluding hydrogens is 148 g/mol. The average Bonchev–Trinajstić information content (AvgIpc) is 1.95. The highest BCUT2D eigenvalue weighted by molar-refractivity contribution is 6.32. The first kappa shape index (κ1) is 7.67. The van der Waals surface area contributed by atoms with E-state index in [0.717, 1.165) is 23.6 Å². The summed E-state index contributed by atoms with van der Waals surface area (Å²) in [6.07, 6.45) is 4.13. The highest BCUT2D eigenvalue weighted by Gasteiger charge is 2.10. The second-order valence-electron chi connectivity index (χ2n) is 2.41. The van der Waals surface area contributed by atoms with Crippen molar-refractivity contribution in [3.8, 4) is 0 Å². The van der Waals surface area contributed by atoms with Crippen LogP contribution in [0.4, 0.5) is 0 Å². The van der Waals surface area contributed by atoms with Gasteiger partial charge in [-0.2, -0.15) is 0 Å². The molecule has 1 nitrogen and oxygen atoms in total. The summed E-state index contributed by atoms with van der Waals surface area (Å²) in [5, 5.41) is 0.786. The van der Waals surface area contributed by atoms with Crippen molar-refractivity contribution in [3.63, 3.8) is 0 Å². The summed E-state index contributed by atoms with van der Waals surface area (Å²) >= 11 is 5.92. The molecule has 0 aliphatic heterocycles. The van der Waals surface area contributed by atoms with E-state index in [1.807, 2.05) is 13.0 Å². The van der Waals surface area contributed by atoms with E-state index in [2.05, 4.69) is 0 Å². The minimum absolute atomic E-state index is 0.786. The number of halogens is 1. The number of allylic oxidation sites excluding steroid dienone is 3. The van der Waals surface area contributed by atoms with Crippen molar-refractivity contribution in [2.24, 2.45) is 0 Å². The van der Waals surface area contributed by atoms with E-state index in [4.69, 9.17) is 16.3 Å². The second-order valence-corrected chi connectivity index (χ2v) is 2.78. The molecule has 0 spiro atoms. The van der Waals surface area contributed by atoms with E-state index < -0.39 is 0 Å². The Bertz CT molecular complexity index is 191. The van der Waals surface area contributed by atoms with Crippen LogP contribution in [0.25, 0.3) is 0 Å². The Balaban J connectivity index is 2.83. The van der Waals surface area contributed by atoms with Gasteiger partial charge in [0.2, 0.25) is 0 Å². The van der Waals surface area contributed by atoms with Gasteiger partial charge in [-0.15, -0.1) is 0 Å². The molecule has 1 aliphatic carbocycles. The largest absolute Gasteiger partial charge is 0.496 e. The maximum atomic E-state index is 5.92. The van der Waals surface area contributed by atoms with E-state index in [0.29, 0.717) is 0 Å². The minimum Gasteiger partial charge on any atom is -0.496 e. The van der Waals surface area contributed by atoms with Gasteiger partial charge >= 0.3 is 0 Å². The lowest BCUT2D eigenvalue weighted by atomic mass is 10.1. The highest BCUT2D eigenvalue weighted by atomic mass is 35.5. The van der Waals surface area contributed by atoms with Crippen LogP contribution in [0.15, 0.2) is 22.4 Å². The molecule has 0 N–H and O–H groups in total. The van der Waals surface area contributed by atoms with Crippen molar-refractivity contribution in [2.45, 2.75) is 19.8 Å². The number of rotatable bonds is 1. The van der Waals surface area contributed by atoms with Gasteiger partial charge < -0.3 is 4.74 Å². The molecule has 0 aromatic carbocycles. The molecule has 0 aromatic heterocycles. The summed E-state index contributed by atoms with van der Waals surface area (Å²) in [4.78, 5) is 0. The third-order valence-electron chi connectivity index (χ3n) is 1.66. The van der Waals surface area contributed by atoms with Crippen molar-refractivity contribution >= 4 is 11.6 Å². The molecule has 56 valence electrons. The van der Waals surface area contributed by atoms with Crippen LogP contribution in [0.3, 0.4) is 0 Å². The van der Waals surface area contributed by atoms with Gasteiger partial charge in [-0.3, -0.25) is 0 Å². The summed E-state index contributed by atoms with van der Waals surface area (Å²) in [6, 6.07) is 0. The topological polar surface area (TPSA) is 9.23 Å². The molecule has 1 aliphatic rings. The fourth-order valence-corrected chi connectivity index (χ4v) is 1.25. The van der Waals surface area contributed by atoms with E-state index in [9.17, 15) is 0 Å². The Labute approximate surface area is 66.3 Å². The summed E-state index contributed by atoms with van der Waals surface area (Å²) in [5.74, 6) is 0.824. The monoisotopic (exact) mass is 158 g/mol. The third-order valence-corrected chi connectivity index (χ3v) is 2.17. The molecule has 0 unspecified atom stereocenters. The Kier molecular flexibility index (Phi) is 2.39. The molecule has 0 bridgehead atoms. The van der Waals surface area contributed by atoms with Gasteiger partial charge in [-0.05, 0) is 25.8 Å². The number of hydrogen-bond donors (Lipinski definition) is 0. The zero-order valence-corrected chi connectivity index (χ0v) is 7.03. The number of hydrogen-bond acceptors (Lipinski definition) is 1. The zero-order valence-electron chi connectivity index (χ0n) is 6.28. The molecule has 0 aromatic rings. The summed E-state index contributed by atoms with van der Waals surface area (Å²) in [6.45, 7) is 2.04. The summed E-state index contributed by atoms with van der Waals surface area (Å²) in [5.41, 5.74) is 1.22. The van der Waals surface area contributed by atoms with Gasteiger partial charge in [0.25, 0.3) is 0 Å². The minimum atomic E-state index is 0.786. The van der Waals surface area contributed by atoms with Gasteiger partial charge in [-0.1, -0.05) is 17.2 Å². The Hall–Kier alpha value is -0.430. The summed E-state index contributed by atoms with van der Waals surface area (Å²) in [7, 11) is 1.65. The fraction of sp³-hybridized carbons (Fsp3) is 0.500. The second kappa shape index (κ2) is 3.11. The normalized spacial score (nSPS) is 18.9.